The lowest BCUT2D eigenvalue weighted by Gasteiger charge is -2.16. The first-order valence-electron chi connectivity index (χ1n) is 6.28. The summed E-state index contributed by atoms with van der Waals surface area (Å²) in [6.45, 7) is 3.33. The molecule has 0 amide bonds. The van der Waals surface area contributed by atoms with E-state index in [2.05, 4.69) is 10.3 Å². The van der Waals surface area contributed by atoms with Crippen LogP contribution in [0.15, 0.2) is 17.2 Å². The molecule has 0 spiro atoms. The molecule has 1 heterocycles. The van der Waals surface area contributed by atoms with Crippen molar-refractivity contribution in [3.8, 4) is 0 Å². The van der Waals surface area contributed by atoms with Crippen LogP contribution < -0.4 is 16.6 Å². The second-order valence-electron chi connectivity index (χ2n) is 4.60. The van der Waals surface area contributed by atoms with E-state index in [-0.39, 0.29) is 11.6 Å². The Balaban J connectivity index is 2.14. The quantitative estimate of drug-likeness (QED) is 0.766. The van der Waals surface area contributed by atoms with Crippen molar-refractivity contribution in [3.63, 3.8) is 0 Å². The van der Waals surface area contributed by atoms with E-state index >= 15 is 0 Å². The van der Waals surface area contributed by atoms with Gasteiger partial charge >= 0.3 is 0 Å². The molecule has 17 heavy (non-hydrogen) atoms. The first-order valence-corrected chi connectivity index (χ1v) is 6.28. The third-order valence-corrected chi connectivity index (χ3v) is 3.15. The molecule has 1 aliphatic carbocycles. The van der Waals surface area contributed by atoms with Gasteiger partial charge in [0.1, 0.15) is 0 Å². The van der Waals surface area contributed by atoms with E-state index in [1.165, 1.54) is 12.8 Å². The minimum Gasteiger partial charge on any atom is -0.361 e. The molecule has 1 fully saturated rings. The van der Waals surface area contributed by atoms with Gasteiger partial charge in [-0.1, -0.05) is 6.92 Å². The number of anilines is 1. The van der Waals surface area contributed by atoms with Crippen molar-refractivity contribution in [3.05, 3.63) is 22.7 Å². The molecule has 1 saturated carbocycles. The number of rotatable bonds is 6. The molecule has 1 aromatic heterocycles. The van der Waals surface area contributed by atoms with Crippen molar-refractivity contribution >= 4 is 5.82 Å². The van der Waals surface area contributed by atoms with Crippen LogP contribution in [0, 0.1) is 5.92 Å². The van der Waals surface area contributed by atoms with Crippen LogP contribution in [0.4, 0.5) is 5.82 Å². The topological polar surface area (TPSA) is 72.9 Å². The van der Waals surface area contributed by atoms with E-state index < -0.39 is 0 Å². The third-order valence-electron chi connectivity index (χ3n) is 3.15. The second-order valence-corrected chi connectivity index (χ2v) is 4.60. The first-order chi connectivity index (χ1) is 8.26. The Bertz CT molecular complexity index is 425. The Kier molecular flexibility index (Phi) is 3.78. The fourth-order valence-corrected chi connectivity index (χ4v) is 2.01. The van der Waals surface area contributed by atoms with Crippen molar-refractivity contribution in [2.24, 2.45) is 11.7 Å². The zero-order valence-corrected chi connectivity index (χ0v) is 10.2. The largest absolute Gasteiger partial charge is 0.361 e. The van der Waals surface area contributed by atoms with Crippen molar-refractivity contribution in [1.82, 2.24) is 9.55 Å². The molecule has 3 N–H and O–H groups in total. The molecular formula is C12H20N4O. The Hall–Kier alpha value is -1.36. The molecule has 1 aromatic rings. The van der Waals surface area contributed by atoms with Crippen molar-refractivity contribution in [1.29, 1.82) is 0 Å². The molecule has 5 nitrogen and oxygen atoms in total. The summed E-state index contributed by atoms with van der Waals surface area (Å²) in [6.07, 6.45) is 6.73. The predicted octanol–water partition coefficient (Wildman–Crippen LogP) is 0.802. The monoisotopic (exact) mass is 236 g/mol. The summed E-state index contributed by atoms with van der Waals surface area (Å²) in [5.74, 6) is 1.05. The Labute approximate surface area is 101 Å². The van der Waals surface area contributed by atoms with Crippen LogP contribution in [-0.4, -0.2) is 22.1 Å². The lowest BCUT2D eigenvalue weighted by Crippen LogP contribution is -2.35. The van der Waals surface area contributed by atoms with Crippen LogP contribution in [0.25, 0.3) is 0 Å². The summed E-state index contributed by atoms with van der Waals surface area (Å²) in [6, 6.07) is 0.188. The fourth-order valence-electron chi connectivity index (χ4n) is 2.01. The highest BCUT2D eigenvalue weighted by atomic mass is 16.1. The number of hydrogen-bond acceptors (Lipinski definition) is 4. The predicted molar refractivity (Wildman–Crippen MR) is 68.0 cm³/mol. The van der Waals surface area contributed by atoms with Gasteiger partial charge in [0.15, 0.2) is 5.82 Å². The van der Waals surface area contributed by atoms with Crippen LogP contribution >= 0.6 is 0 Å². The van der Waals surface area contributed by atoms with Gasteiger partial charge in [-0.15, -0.1) is 0 Å². The average Bonchev–Trinajstić information content (AvgIpc) is 3.15. The van der Waals surface area contributed by atoms with Crippen LogP contribution in [0.1, 0.15) is 26.2 Å². The second kappa shape index (κ2) is 5.31. The molecule has 0 bridgehead atoms. The normalized spacial score (nSPS) is 16.8. The molecule has 0 aromatic carbocycles. The van der Waals surface area contributed by atoms with Gasteiger partial charge in [-0.3, -0.25) is 4.79 Å². The van der Waals surface area contributed by atoms with Gasteiger partial charge in [-0.05, 0) is 25.2 Å². The van der Waals surface area contributed by atoms with E-state index in [0.29, 0.717) is 18.3 Å². The number of nitrogens with one attached hydrogen (secondary N) is 1. The highest BCUT2D eigenvalue weighted by Gasteiger charge is 2.30. The lowest BCUT2D eigenvalue weighted by molar-refractivity contribution is 0.624. The maximum absolute atomic E-state index is 12.1. The standard InChI is InChI=1S/C12H20N4O/c1-2-6-16-7-5-14-11(12(16)17)15-10(8-13)9-3-4-9/h5,7,9-10H,2-4,6,8,13H2,1H3,(H,14,15). The van der Waals surface area contributed by atoms with Gasteiger partial charge in [0.2, 0.25) is 0 Å². The van der Waals surface area contributed by atoms with Crippen LogP contribution in [0.2, 0.25) is 0 Å². The maximum atomic E-state index is 12.1. The molecule has 0 saturated heterocycles. The van der Waals surface area contributed by atoms with E-state index in [1.807, 2.05) is 6.92 Å². The Morgan fingerprint density at radius 1 is 1.65 bits per heavy atom. The van der Waals surface area contributed by atoms with Crippen molar-refractivity contribution in [2.45, 2.75) is 38.8 Å². The number of aryl methyl sites for hydroxylation is 1. The van der Waals surface area contributed by atoms with Crippen molar-refractivity contribution in [2.75, 3.05) is 11.9 Å². The molecule has 2 rings (SSSR count). The van der Waals surface area contributed by atoms with E-state index in [9.17, 15) is 4.79 Å². The molecule has 1 atom stereocenters. The van der Waals surface area contributed by atoms with Gasteiger partial charge in [0.25, 0.3) is 5.56 Å². The highest BCUT2D eigenvalue weighted by molar-refractivity contribution is 5.33. The zero-order valence-electron chi connectivity index (χ0n) is 10.2. The smallest absolute Gasteiger partial charge is 0.293 e. The minimum absolute atomic E-state index is 0.0477. The summed E-state index contributed by atoms with van der Waals surface area (Å²) in [5, 5.41) is 3.19. The highest BCUT2D eigenvalue weighted by Crippen LogP contribution is 2.33. The molecule has 1 unspecified atom stereocenters. The molecule has 5 heteroatoms. The molecule has 1 aliphatic rings. The van der Waals surface area contributed by atoms with Gasteiger partial charge in [0.05, 0.1) is 0 Å². The first kappa shape index (κ1) is 12.1. The van der Waals surface area contributed by atoms with Gasteiger partial charge in [-0.25, -0.2) is 4.98 Å². The van der Waals surface area contributed by atoms with Gasteiger partial charge < -0.3 is 15.6 Å². The average molecular weight is 236 g/mol. The zero-order chi connectivity index (χ0) is 12.3. The van der Waals surface area contributed by atoms with E-state index in [4.69, 9.17) is 5.73 Å². The summed E-state index contributed by atoms with van der Waals surface area (Å²) in [7, 11) is 0. The SMILES string of the molecule is CCCn1ccnc(NC(CN)C2CC2)c1=O. The minimum atomic E-state index is -0.0477. The number of aromatic nitrogens is 2. The van der Waals surface area contributed by atoms with Crippen LogP contribution in [0.3, 0.4) is 0 Å². The van der Waals surface area contributed by atoms with Crippen molar-refractivity contribution < 1.29 is 0 Å². The molecular weight excluding hydrogens is 216 g/mol. The number of hydrogen-bond donors (Lipinski definition) is 2. The summed E-state index contributed by atoms with van der Waals surface area (Å²) in [5.41, 5.74) is 5.66. The number of nitrogens with two attached hydrogens (primary N) is 1. The van der Waals surface area contributed by atoms with Gasteiger partial charge in [0, 0.05) is 31.5 Å². The Morgan fingerprint density at radius 3 is 3.00 bits per heavy atom. The maximum Gasteiger partial charge on any atom is 0.293 e. The van der Waals surface area contributed by atoms with E-state index in [1.54, 1.807) is 17.0 Å². The lowest BCUT2D eigenvalue weighted by atomic mass is 10.2. The Morgan fingerprint density at radius 2 is 2.41 bits per heavy atom. The summed E-state index contributed by atoms with van der Waals surface area (Å²) >= 11 is 0. The van der Waals surface area contributed by atoms with Gasteiger partial charge in [-0.2, -0.15) is 0 Å². The van der Waals surface area contributed by atoms with Crippen LogP contribution in [-0.2, 0) is 6.54 Å². The molecule has 0 aliphatic heterocycles. The molecule has 94 valence electrons. The van der Waals surface area contributed by atoms with E-state index in [0.717, 1.165) is 13.0 Å². The summed E-state index contributed by atoms with van der Waals surface area (Å²) < 4.78 is 1.69. The fraction of sp³-hybridized carbons (Fsp3) is 0.667. The third kappa shape index (κ3) is 2.85. The van der Waals surface area contributed by atoms with Crippen LogP contribution in [0.5, 0.6) is 0 Å². The number of nitrogens with zero attached hydrogens (tertiary/aromatic N) is 2. The molecule has 0 radical (unpaired) electrons. The summed E-state index contributed by atoms with van der Waals surface area (Å²) in [4.78, 5) is 16.2.